The Morgan fingerprint density at radius 2 is 1.71 bits per heavy atom. The Kier molecular flexibility index (Phi) is 4.83. The molecule has 0 aliphatic heterocycles. The van der Waals surface area contributed by atoms with Crippen LogP contribution in [0.2, 0.25) is 5.02 Å². The van der Waals surface area contributed by atoms with Gasteiger partial charge in [-0.25, -0.2) is 0 Å². The molecule has 0 amide bonds. The van der Waals surface area contributed by atoms with Crippen molar-refractivity contribution in [3.8, 4) is 11.8 Å². The minimum Gasteiger partial charge on any atom is -0.292 e. The van der Waals surface area contributed by atoms with E-state index in [0.717, 1.165) is 5.56 Å². The first-order valence-corrected chi connectivity index (χ1v) is 7.31. The highest BCUT2D eigenvalue weighted by atomic mass is 35.5. The number of ketones is 1. The fraction of sp³-hybridized carbons (Fsp3) is 0.211. The molecule has 106 valence electrons. The van der Waals surface area contributed by atoms with Crippen LogP contribution in [0, 0.1) is 17.3 Å². The van der Waals surface area contributed by atoms with Crippen molar-refractivity contribution in [2.75, 3.05) is 0 Å². The average Bonchev–Trinajstić information content (AvgIpc) is 2.53. The Morgan fingerprint density at radius 3 is 2.29 bits per heavy atom. The summed E-state index contributed by atoms with van der Waals surface area (Å²) in [6.07, 6.45) is 0.661. The van der Waals surface area contributed by atoms with Crippen LogP contribution in [0.3, 0.4) is 0 Å². The first-order valence-electron chi connectivity index (χ1n) is 6.94. The summed E-state index contributed by atoms with van der Waals surface area (Å²) in [5.74, 6) is 6.28. The van der Waals surface area contributed by atoms with Crippen molar-refractivity contribution in [2.45, 2.75) is 20.3 Å². The highest BCUT2D eigenvalue weighted by Gasteiger charge is 2.30. The molecule has 1 nitrogen and oxygen atoms in total. The van der Waals surface area contributed by atoms with Crippen LogP contribution in [0.15, 0.2) is 54.6 Å². The molecule has 2 aromatic rings. The summed E-state index contributed by atoms with van der Waals surface area (Å²) < 4.78 is 0. The van der Waals surface area contributed by atoms with Gasteiger partial charge >= 0.3 is 0 Å². The fourth-order valence-electron chi connectivity index (χ4n) is 1.96. The molecule has 0 saturated heterocycles. The Morgan fingerprint density at radius 1 is 1.10 bits per heavy atom. The maximum Gasteiger partial charge on any atom is 0.180 e. The van der Waals surface area contributed by atoms with Gasteiger partial charge in [-0.2, -0.15) is 0 Å². The van der Waals surface area contributed by atoms with Crippen molar-refractivity contribution >= 4 is 17.4 Å². The van der Waals surface area contributed by atoms with E-state index >= 15 is 0 Å². The number of hydrogen-bond donors (Lipinski definition) is 0. The summed E-state index contributed by atoms with van der Waals surface area (Å²) in [6.45, 7) is 3.87. The van der Waals surface area contributed by atoms with Gasteiger partial charge in [-0.1, -0.05) is 48.6 Å². The van der Waals surface area contributed by atoms with E-state index < -0.39 is 5.41 Å². The molecule has 1 unspecified atom stereocenters. The predicted octanol–water partition coefficient (Wildman–Crippen LogP) is 4.99. The first kappa shape index (κ1) is 15.4. The first-order chi connectivity index (χ1) is 10.0. The molecule has 0 heterocycles. The molecule has 0 saturated carbocycles. The van der Waals surface area contributed by atoms with Gasteiger partial charge in [-0.3, -0.25) is 4.79 Å². The standard InChI is InChI=1S/C19H17ClO/c1-3-19(2,14-13-15-7-5-4-6-8-15)18(21)16-9-11-17(20)12-10-16/h4-12H,3H2,1-2H3. The number of carbonyl (C=O) groups excluding carboxylic acids is 1. The van der Waals surface area contributed by atoms with Gasteiger partial charge in [0, 0.05) is 16.1 Å². The van der Waals surface area contributed by atoms with E-state index in [2.05, 4.69) is 11.8 Å². The van der Waals surface area contributed by atoms with Gasteiger partial charge in [-0.15, -0.1) is 0 Å². The van der Waals surface area contributed by atoms with Crippen LogP contribution in [0.25, 0.3) is 0 Å². The highest BCUT2D eigenvalue weighted by Crippen LogP contribution is 2.26. The van der Waals surface area contributed by atoms with Crippen LogP contribution >= 0.6 is 11.6 Å². The Labute approximate surface area is 131 Å². The van der Waals surface area contributed by atoms with E-state index in [-0.39, 0.29) is 5.78 Å². The summed E-state index contributed by atoms with van der Waals surface area (Å²) >= 11 is 5.87. The van der Waals surface area contributed by atoms with E-state index in [4.69, 9.17) is 11.6 Å². The lowest BCUT2D eigenvalue weighted by Gasteiger charge is -2.20. The zero-order valence-electron chi connectivity index (χ0n) is 12.2. The molecule has 2 heteroatoms. The third kappa shape index (κ3) is 3.74. The van der Waals surface area contributed by atoms with Crippen LogP contribution in [-0.2, 0) is 0 Å². The summed E-state index contributed by atoms with van der Waals surface area (Å²) in [5, 5.41) is 0.625. The summed E-state index contributed by atoms with van der Waals surface area (Å²) in [5.41, 5.74) is 0.871. The lowest BCUT2D eigenvalue weighted by Crippen LogP contribution is -2.25. The molecule has 0 bridgehead atoms. The van der Waals surface area contributed by atoms with Gasteiger partial charge in [0.1, 0.15) is 0 Å². The number of benzene rings is 2. The smallest absolute Gasteiger partial charge is 0.180 e. The molecule has 0 spiro atoms. The third-order valence-corrected chi connectivity index (χ3v) is 3.82. The number of rotatable bonds is 3. The molecule has 1 atom stereocenters. The molecule has 0 radical (unpaired) electrons. The largest absolute Gasteiger partial charge is 0.292 e. The molecule has 0 N–H and O–H groups in total. The Bertz CT molecular complexity index is 677. The third-order valence-electron chi connectivity index (χ3n) is 3.57. The average molecular weight is 297 g/mol. The summed E-state index contributed by atoms with van der Waals surface area (Å²) in [7, 11) is 0. The fourth-order valence-corrected chi connectivity index (χ4v) is 2.08. The molecule has 0 aromatic heterocycles. The van der Waals surface area contributed by atoms with E-state index in [0.29, 0.717) is 17.0 Å². The summed E-state index contributed by atoms with van der Waals surface area (Å²) in [4.78, 5) is 12.7. The maximum atomic E-state index is 12.7. The van der Waals surface area contributed by atoms with Gasteiger partial charge in [0.05, 0.1) is 5.41 Å². The van der Waals surface area contributed by atoms with E-state index in [1.807, 2.05) is 44.2 Å². The number of Topliss-reactive ketones (excluding diaryl/α,β-unsaturated/α-hetero) is 1. The van der Waals surface area contributed by atoms with Crippen molar-refractivity contribution in [2.24, 2.45) is 5.41 Å². The second-order valence-electron chi connectivity index (χ2n) is 5.14. The molecule has 0 aliphatic carbocycles. The van der Waals surface area contributed by atoms with Crippen LogP contribution in [0.1, 0.15) is 36.2 Å². The van der Waals surface area contributed by atoms with Crippen molar-refractivity contribution in [3.05, 3.63) is 70.7 Å². The second-order valence-corrected chi connectivity index (χ2v) is 5.57. The second kappa shape index (κ2) is 6.61. The van der Waals surface area contributed by atoms with Crippen molar-refractivity contribution in [3.63, 3.8) is 0 Å². The normalized spacial score (nSPS) is 12.9. The van der Waals surface area contributed by atoms with Gasteiger partial charge in [-0.05, 0) is 49.7 Å². The number of halogens is 1. The minimum atomic E-state index is -0.691. The lowest BCUT2D eigenvalue weighted by atomic mass is 9.80. The summed E-state index contributed by atoms with van der Waals surface area (Å²) in [6, 6.07) is 16.7. The van der Waals surface area contributed by atoms with Crippen molar-refractivity contribution in [1.82, 2.24) is 0 Å². The topological polar surface area (TPSA) is 17.1 Å². The molecular weight excluding hydrogens is 280 g/mol. The van der Waals surface area contributed by atoms with Crippen molar-refractivity contribution in [1.29, 1.82) is 0 Å². The van der Waals surface area contributed by atoms with Gasteiger partial charge in [0.2, 0.25) is 0 Å². The Balaban J connectivity index is 2.31. The number of hydrogen-bond acceptors (Lipinski definition) is 1. The van der Waals surface area contributed by atoms with Crippen molar-refractivity contribution < 1.29 is 4.79 Å². The zero-order valence-corrected chi connectivity index (χ0v) is 12.9. The van der Waals surface area contributed by atoms with E-state index in [1.165, 1.54) is 0 Å². The zero-order chi connectivity index (χ0) is 15.3. The minimum absolute atomic E-state index is 0.0325. The van der Waals surface area contributed by atoms with Gasteiger partial charge in [0.25, 0.3) is 0 Å². The molecular formula is C19H17ClO. The highest BCUT2D eigenvalue weighted by molar-refractivity contribution is 6.30. The van der Waals surface area contributed by atoms with Crippen LogP contribution < -0.4 is 0 Å². The van der Waals surface area contributed by atoms with Crippen LogP contribution in [0.5, 0.6) is 0 Å². The molecule has 21 heavy (non-hydrogen) atoms. The van der Waals surface area contributed by atoms with Gasteiger partial charge in [0.15, 0.2) is 5.78 Å². The quantitative estimate of drug-likeness (QED) is 0.576. The predicted molar refractivity (Wildman–Crippen MR) is 87.5 cm³/mol. The molecule has 2 rings (SSSR count). The number of carbonyl (C=O) groups is 1. The van der Waals surface area contributed by atoms with Gasteiger partial charge < -0.3 is 0 Å². The van der Waals surface area contributed by atoms with Crippen LogP contribution in [-0.4, -0.2) is 5.78 Å². The molecule has 0 aliphatic rings. The molecule has 0 fully saturated rings. The van der Waals surface area contributed by atoms with E-state index in [1.54, 1.807) is 24.3 Å². The van der Waals surface area contributed by atoms with Crippen LogP contribution in [0.4, 0.5) is 0 Å². The lowest BCUT2D eigenvalue weighted by molar-refractivity contribution is 0.0874. The maximum absolute atomic E-state index is 12.7. The monoisotopic (exact) mass is 296 g/mol. The molecule has 2 aromatic carbocycles. The SMILES string of the molecule is CCC(C)(C#Cc1ccccc1)C(=O)c1ccc(Cl)cc1. The van der Waals surface area contributed by atoms with E-state index in [9.17, 15) is 4.79 Å². The Hall–Kier alpha value is -2.04.